The van der Waals surface area contributed by atoms with Gasteiger partial charge in [-0.15, -0.1) is 0 Å². The van der Waals surface area contributed by atoms with E-state index < -0.39 is 0 Å². The fraction of sp³-hybridized carbons (Fsp3) is 0.350. The van der Waals surface area contributed by atoms with Crippen molar-refractivity contribution in [3.63, 3.8) is 0 Å². The smallest absolute Gasteiger partial charge is 0.193 e. The van der Waals surface area contributed by atoms with Crippen molar-refractivity contribution >= 4 is 11.6 Å². The summed E-state index contributed by atoms with van der Waals surface area (Å²) in [7, 11) is 3.84. The molecule has 132 valence electrons. The first-order valence-corrected chi connectivity index (χ1v) is 8.62. The van der Waals surface area contributed by atoms with Gasteiger partial charge in [0.15, 0.2) is 5.96 Å². The molecule has 25 heavy (non-hydrogen) atoms. The number of hydrogen-bond acceptors (Lipinski definition) is 2. The molecule has 0 amide bonds. The predicted molar refractivity (Wildman–Crippen MR) is 101 cm³/mol. The molecule has 0 bridgehead atoms. The average molecular weight is 340 g/mol. The lowest BCUT2D eigenvalue weighted by Gasteiger charge is -2.12. The molecule has 2 aromatic rings. The lowest BCUT2D eigenvalue weighted by atomic mass is 10.1. The summed E-state index contributed by atoms with van der Waals surface area (Å²) >= 11 is 0. The maximum atomic E-state index is 13.8. The molecule has 2 aromatic carbocycles. The van der Waals surface area contributed by atoms with Gasteiger partial charge in [0.05, 0.1) is 6.54 Å². The zero-order valence-electron chi connectivity index (χ0n) is 14.8. The minimum absolute atomic E-state index is 0.189. The van der Waals surface area contributed by atoms with Gasteiger partial charge in [-0.25, -0.2) is 9.38 Å². The molecule has 0 saturated carbocycles. The third-order valence-electron chi connectivity index (χ3n) is 4.40. The van der Waals surface area contributed by atoms with Gasteiger partial charge in [-0.2, -0.15) is 0 Å². The van der Waals surface area contributed by atoms with E-state index in [9.17, 15) is 4.39 Å². The quantitative estimate of drug-likeness (QED) is 0.649. The van der Waals surface area contributed by atoms with Crippen LogP contribution in [0.15, 0.2) is 41.4 Å². The first kappa shape index (κ1) is 17.4. The Kier molecular flexibility index (Phi) is 5.34. The van der Waals surface area contributed by atoms with Gasteiger partial charge in [0.25, 0.3) is 0 Å². The molecule has 3 N–H and O–H groups in total. The fourth-order valence-corrected chi connectivity index (χ4v) is 3.20. The van der Waals surface area contributed by atoms with E-state index in [0.29, 0.717) is 24.6 Å². The van der Waals surface area contributed by atoms with E-state index >= 15 is 0 Å². The van der Waals surface area contributed by atoms with Crippen LogP contribution in [0.5, 0.6) is 0 Å². The Morgan fingerprint density at radius 1 is 1.16 bits per heavy atom. The number of hydrogen-bond donors (Lipinski definition) is 2. The summed E-state index contributed by atoms with van der Waals surface area (Å²) in [5, 5.41) is 3.15. The molecule has 0 atom stereocenters. The third kappa shape index (κ3) is 4.57. The molecule has 1 aliphatic rings. The number of fused-ring (bicyclic) bond motifs is 1. The molecule has 0 aliphatic heterocycles. The van der Waals surface area contributed by atoms with E-state index in [1.807, 2.05) is 31.1 Å². The number of nitrogens with two attached hydrogens (primary N) is 1. The van der Waals surface area contributed by atoms with Gasteiger partial charge < -0.3 is 16.0 Å². The van der Waals surface area contributed by atoms with Crippen molar-refractivity contribution in [1.82, 2.24) is 4.90 Å². The number of nitrogens with one attached hydrogen (secondary N) is 1. The number of nitrogens with zero attached hydrogens (tertiary/aromatic N) is 2. The standard InChI is InChI=1S/C20H25FN4/c1-25(2)13-17-10-14(6-9-19(17)21)12-23-20(22)24-18-8-7-15-4-3-5-16(15)11-18/h6-11H,3-5,12-13H2,1-2H3,(H3,22,23,24). The SMILES string of the molecule is CN(C)Cc1cc(CN=C(N)Nc2ccc3c(c2)CCC3)ccc1F. The van der Waals surface area contributed by atoms with Crippen LogP contribution >= 0.6 is 0 Å². The highest BCUT2D eigenvalue weighted by atomic mass is 19.1. The summed E-state index contributed by atoms with van der Waals surface area (Å²) in [5.74, 6) is 0.182. The van der Waals surface area contributed by atoms with Gasteiger partial charge in [0.2, 0.25) is 0 Å². The highest BCUT2D eigenvalue weighted by Gasteiger charge is 2.11. The maximum Gasteiger partial charge on any atom is 0.193 e. The first-order valence-electron chi connectivity index (χ1n) is 8.62. The summed E-state index contributed by atoms with van der Waals surface area (Å²) in [5.41, 5.74) is 11.4. The number of guanidine groups is 1. The van der Waals surface area contributed by atoms with Crippen LogP contribution in [0.2, 0.25) is 0 Å². The van der Waals surface area contributed by atoms with E-state index in [1.165, 1.54) is 30.0 Å². The summed E-state index contributed by atoms with van der Waals surface area (Å²) in [6.07, 6.45) is 3.52. The Balaban J connectivity index is 1.65. The van der Waals surface area contributed by atoms with Crippen LogP contribution in [0.25, 0.3) is 0 Å². The van der Waals surface area contributed by atoms with Crippen molar-refractivity contribution in [3.05, 3.63) is 64.5 Å². The number of aryl methyl sites for hydroxylation is 2. The average Bonchev–Trinajstić information content (AvgIpc) is 3.03. The lowest BCUT2D eigenvalue weighted by Crippen LogP contribution is -2.22. The first-order chi connectivity index (χ1) is 12.0. The molecule has 0 aromatic heterocycles. The number of benzene rings is 2. The van der Waals surface area contributed by atoms with Gasteiger partial charge in [0.1, 0.15) is 5.82 Å². The van der Waals surface area contributed by atoms with E-state index in [1.54, 1.807) is 6.07 Å². The van der Waals surface area contributed by atoms with Crippen LogP contribution in [0.3, 0.4) is 0 Å². The summed E-state index contributed by atoms with van der Waals surface area (Å²) in [6, 6.07) is 11.4. The van der Waals surface area contributed by atoms with E-state index in [2.05, 4.69) is 22.4 Å². The summed E-state index contributed by atoms with van der Waals surface area (Å²) in [4.78, 5) is 6.32. The van der Waals surface area contributed by atoms with Gasteiger partial charge in [-0.05, 0) is 74.3 Å². The zero-order chi connectivity index (χ0) is 17.8. The molecular weight excluding hydrogens is 315 g/mol. The highest BCUT2D eigenvalue weighted by Crippen LogP contribution is 2.24. The molecule has 1 aliphatic carbocycles. The van der Waals surface area contributed by atoms with E-state index in [-0.39, 0.29) is 5.82 Å². The maximum absolute atomic E-state index is 13.8. The van der Waals surface area contributed by atoms with Crippen molar-refractivity contribution in [2.45, 2.75) is 32.4 Å². The topological polar surface area (TPSA) is 53.6 Å². The molecule has 4 nitrogen and oxygen atoms in total. The molecule has 0 radical (unpaired) electrons. The Morgan fingerprint density at radius 2 is 1.96 bits per heavy atom. The largest absolute Gasteiger partial charge is 0.370 e. The van der Waals surface area contributed by atoms with Crippen LogP contribution in [-0.2, 0) is 25.9 Å². The minimum atomic E-state index is -0.189. The molecule has 3 rings (SSSR count). The molecule has 0 unspecified atom stereocenters. The van der Waals surface area contributed by atoms with E-state index in [0.717, 1.165) is 17.7 Å². The second-order valence-corrected chi connectivity index (χ2v) is 6.83. The van der Waals surface area contributed by atoms with Crippen molar-refractivity contribution in [1.29, 1.82) is 0 Å². The molecule has 0 saturated heterocycles. The van der Waals surface area contributed by atoms with Crippen LogP contribution in [0.1, 0.15) is 28.7 Å². The van der Waals surface area contributed by atoms with Crippen molar-refractivity contribution < 1.29 is 4.39 Å². The molecule has 0 heterocycles. The fourth-order valence-electron chi connectivity index (χ4n) is 3.20. The van der Waals surface area contributed by atoms with Crippen molar-refractivity contribution in [3.8, 4) is 0 Å². The molecule has 5 heteroatoms. The summed E-state index contributed by atoms with van der Waals surface area (Å²) in [6.45, 7) is 0.983. The Bertz CT molecular complexity index is 783. The second kappa shape index (κ2) is 7.66. The minimum Gasteiger partial charge on any atom is -0.370 e. The monoisotopic (exact) mass is 340 g/mol. The molecule has 0 fully saturated rings. The summed E-state index contributed by atoms with van der Waals surface area (Å²) < 4.78 is 13.8. The van der Waals surface area contributed by atoms with Crippen LogP contribution < -0.4 is 11.1 Å². The van der Waals surface area contributed by atoms with Gasteiger partial charge in [-0.3, -0.25) is 0 Å². The normalized spacial score (nSPS) is 14.0. The van der Waals surface area contributed by atoms with Gasteiger partial charge >= 0.3 is 0 Å². The third-order valence-corrected chi connectivity index (χ3v) is 4.40. The van der Waals surface area contributed by atoms with Gasteiger partial charge in [-0.1, -0.05) is 12.1 Å². The Hall–Kier alpha value is -2.40. The van der Waals surface area contributed by atoms with Crippen molar-refractivity contribution in [2.75, 3.05) is 19.4 Å². The number of rotatable bonds is 5. The van der Waals surface area contributed by atoms with Crippen molar-refractivity contribution in [2.24, 2.45) is 10.7 Å². The number of halogens is 1. The number of anilines is 1. The Morgan fingerprint density at radius 3 is 2.76 bits per heavy atom. The predicted octanol–water partition coefficient (Wildman–Crippen LogP) is 3.30. The zero-order valence-corrected chi connectivity index (χ0v) is 14.8. The lowest BCUT2D eigenvalue weighted by molar-refractivity contribution is 0.392. The molecular formula is C20H25FN4. The van der Waals surface area contributed by atoms with Crippen LogP contribution in [0.4, 0.5) is 10.1 Å². The second-order valence-electron chi connectivity index (χ2n) is 6.83. The highest BCUT2D eigenvalue weighted by molar-refractivity contribution is 5.92. The van der Waals surface area contributed by atoms with Crippen LogP contribution in [-0.4, -0.2) is 25.0 Å². The van der Waals surface area contributed by atoms with E-state index in [4.69, 9.17) is 5.73 Å². The number of aliphatic imine (C=N–C) groups is 1. The van der Waals surface area contributed by atoms with Crippen LogP contribution in [0, 0.1) is 5.82 Å². The Labute approximate surface area is 148 Å². The van der Waals surface area contributed by atoms with Gasteiger partial charge in [0, 0.05) is 17.8 Å². The molecule has 0 spiro atoms.